The summed E-state index contributed by atoms with van der Waals surface area (Å²) < 4.78 is 0. The maximum atomic E-state index is 5.54. The Kier molecular flexibility index (Phi) is 4.83. The van der Waals surface area contributed by atoms with Crippen LogP contribution < -0.4 is 0 Å². The van der Waals surface area contributed by atoms with Gasteiger partial charge in [0.2, 0.25) is 0 Å². The van der Waals surface area contributed by atoms with Crippen molar-refractivity contribution in [2.45, 2.75) is 97.8 Å². The van der Waals surface area contributed by atoms with Crippen LogP contribution in [-0.4, -0.2) is 4.98 Å². The van der Waals surface area contributed by atoms with E-state index in [-0.39, 0.29) is 10.8 Å². The summed E-state index contributed by atoms with van der Waals surface area (Å²) in [7, 11) is 0. The number of aromatic nitrogens is 1. The molecular weight excluding hydrogens is 422 g/mol. The van der Waals surface area contributed by atoms with Gasteiger partial charge in [0.25, 0.3) is 0 Å². The second-order valence-corrected chi connectivity index (χ2v) is 12.6. The molecule has 0 spiro atoms. The molecule has 1 aromatic heterocycles. The van der Waals surface area contributed by atoms with Crippen LogP contribution in [0.2, 0.25) is 0 Å². The van der Waals surface area contributed by atoms with Gasteiger partial charge < -0.3 is 0 Å². The summed E-state index contributed by atoms with van der Waals surface area (Å²) in [6.07, 6.45) is 5.30. The average Bonchev–Trinajstić information content (AvgIpc) is 3.31. The molecule has 0 saturated heterocycles. The van der Waals surface area contributed by atoms with Crippen LogP contribution in [0.25, 0.3) is 32.9 Å². The first-order chi connectivity index (χ1) is 16.5. The Hall–Kier alpha value is -2.67. The lowest BCUT2D eigenvalue weighted by atomic mass is 9.53. The molecule has 0 N–H and O–H groups in total. The zero-order chi connectivity index (χ0) is 24.9. The van der Waals surface area contributed by atoms with Crippen molar-refractivity contribution in [2.24, 2.45) is 0 Å². The van der Waals surface area contributed by atoms with E-state index in [4.69, 9.17) is 4.98 Å². The minimum absolute atomic E-state index is 0.0152. The number of benzene rings is 3. The molecule has 6 rings (SSSR count). The molecule has 0 atom stereocenters. The van der Waals surface area contributed by atoms with E-state index < -0.39 is 0 Å². The van der Waals surface area contributed by atoms with Crippen molar-refractivity contribution >= 4 is 21.7 Å². The normalized spacial score (nSPS) is 18.7. The molecule has 0 aliphatic heterocycles. The zero-order valence-corrected chi connectivity index (χ0v) is 22.8. The highest BCUT2D eigenvalue weighted by atomic mass is 14.7. The van der Waals surface area contributed by atoms with Crippen molar-refractivity contribution in [3.8, 4) is 11.3 Å². The van der Waals surface area contributed by atoms with E-state index >= 15 is 0 Å². The summed E-state index contributed by atoms with van der Waals surface area (Å²) in [6, 6.07) is 14.1. The highest BCUT2D eigenvalue weighted by molar-refractivity contribution is 5.98. The van der Waals surface area contributed by atoms with E-state index in [1.54, 1.807) is 5.56 Å². The van der Waals surface area contributed by atoms with E-state index in [2.05, 4.69) is 91.8 Å². The minimum atomic E-state index is -0.0337. The highest BCUT2D eigenvalue weighted by Gasteiger charge is 2.49. The Balaban J connectivity index is 1.84. The first-order valence-electron chi connectivity index (χ1n) is 13.5. The van der Waals surface area contributed by atoms with Crippen LogP contribution in [0.5, 0.6) is 0 Å². The lowest BCUT2D eigenvalue weighted by molar-refractivity contribution is 0.294. The molecule has 3 aromatic carbocycles. The van der Waals surface area contributed by atoms with Crippen LogP contribution in [0.15, 0.2) is 36.4 Å². The van der Waals surface area contributed by atoms with E-state index in [0.29, 0.717) is 5.92 Å². The van der Waals surface area contributed by atoms with Crippen LogP contribution in [0.4, 0.5) is 0 Å². The van der Waals surface area contributed by atoms with Gasteiger partial charge in [0.15, 0.2) is 0 Å². The van der Waals surface area contributed by atoms with Gasteiger partial charge in [-0.15, -0.1) is 0 Å². The standard InChI is InChI=1S/C34H39N/c1-19-13-14-24-18-26-30(22(4)25(24)16-19)33(5,6)34(7,8)31-29(23-11-9-10-12-23)28-21(3)15-20(2)17-27(28)35-32(26)31/h13-18,23H,9-12H2,1-8H3. The summed E-state index contributed by atoms with van der Waals surface area (Å²) in [5.74, 6) is 0.636. The summed E-state index contributed by atoms with van der Waals surface area (Å²) >= 11 is 0. The summed E-state index contributed by atoms with van der Waals surface area (Å²) in [4.78, 5) is 5.54. The zero-order valence-electron chi connectivity index (χ0n) is 22.8. The van der Waals surface area contributed by atoms with Crippen molar-refractivity contribution in [2.75, 3.05) is 0 Å². The third kappa shape index (κ3) is 3.03. The molecule has 1 nitrogen and oxygen atoms in total. The van der Waals surface area contributed by atoms with Gasteiger partial charge in [0.1, 0.15) is 0 Å². The molecule has 1 heteroatoms. The molecule has 1 fully saturated rings. The predicted octanol–water partition coefficient (Wildman–Crippen LogP) is 9.52. The maximum Gasteiger partial charge on any atom is 0.0753 e. The fourth-order valence-corrected chi connectivity index (χ4v) is 7.57. The molecule has 1 saturated carbocycles. The Morgan fingerprint density at radius 1 is 0.771 bits per heavy atom. The number of aryl methyl sites for hydroxylation is 4. The van der Waals surface area contributed by atoms with Gasteiger partial charge in [-0.3, -0.25) is 0 Å². The Morgan fingerprint density at radius 3 is 2.17 bits per heavy atom. The molecule has 0 amide bonds. The Labute approximate surface area is 211 Å². The monoisotopic (exact) mass is 461 g/mol. The number of fused-ring (bicyclic) bond motifs is 5. The predicted molar refractivity (Wildman–Crippen MR) is 151 cm³/mol. The van der Waals surface area contributed by atoms with Gasteiger partial charge in [-0.25, -0.2) is 4.98 Å². The van der Waals surface area contributed by atoms with Crippen LogP contribution in [0.1, 0.15) is 98.2 Å². The van der Waals surface area contributed by atoms with Gasteiger partial charge in [0, 0.05) is 16.4 Å². The topological polar surface area (TPSA) is 12.9 Å². The van der Waals surface area contributed by atoms with Crippen molar-refractivity contribution < 1.29 is 0 Å². The molecule has 1 heterocycles. The Bertz CT molecular complexity index is 1530. The fraction of sp³-hybridized carbons (Fsp3) is 0.441. The lowest BCUT2D eigenvalue weighted by Gasteiger charge is -2.50. The third-order valence-electron chi connectivity index (χ3n) is 9.85. The third-order valence-corrected chi connectivity index (χ3v) is 9.85. The fourth-order valence-electron chi connectivity index (χ4n) is 7.57. The van der Waals surface area contributed by atoms with E-state index in [9.17, 15) is 0 Å². The number of hydrogen-bond acceptors (Lipinski definition) is 1. The van der Waals surface area contributed by atoms with Crippen molar-refractivity contribution in [3.05, 3.63) is 75.3 Å². The van der Waals surface area contributed by atoms with E-state index in [1.165, 1.54) is 92.0 Å². The van der Waals surface area contributed by atoms with Crippen LogP contribution >= 0.6 is 0 Å². The van der Waals surface area contributed by atoms with Crippen LogP contribution in [0, 0.1) is 27.7 Å². The van der Waals surface area contributed by atoms with Crippen LogP contribution in [0.3, 0.4) is 0 Å². The summed E-state index contributed by atoms with van der Waals surface area (Å²) in [5.41, 5.74) is 13.8. The lowest BCUT2D eigenvalue weighted by Crippen LogP contribution is -2.45. The number of pyridine rings is 1. The molecule has 0 bridgehead atoms. The average molecular weight is 462 g/mol. The quantitative estimate of drug-likeness (QED) is 0.275. The van der Waals surface area contributed by atoms with E-state index in [1.807, 2.05) is 0 Å². The number of rotatable bonds is 1. The number of hydrogen-bond donors (Lipinski definition) is 0. The molecule has 0 radical (unpaired) electrons. The van der Waals surface area contributed by atoms with Crippen LogP contribution in [-0.2, 0) is 10.8 Å². The molecular formula is C34H39N. The number of nitrogens with zero attached hydrogens (tertiary/aromatic N) is 1. The molecule has 4 aromatic rings. The van der Waals surface area contributed by atoms with Gasteiger partial charge >= 0.3 is 0 Å². The van der Waals surface area contributed by atoms with Crippen molar-refractivity contribution in [1.29, 1.82) is 0 Å². The largest absolute Gasteiger partial charge is 0.247 e. The van der Waals surface area contributed by atoms with Crippen molar-refractivity contribution in [1.82, 2.24) is 4.98 Å². The highest BCUT2D eigenvalue weighted by Crippen LogP contribution is 2.59. The summed E-state index contributed by atoms with van der Waals surface area (Å²) in [6.45, 7) is 19.0. The van der Waals surface area contributed by atoms with Gasteiger partial charge in [-0.2, -0.15) is 0 Å². The first kappa shape index (κ1) is 22.8. The van der Waals surface area contributed by atoms with E-state index in [0.717, 1.165) is 0 Å². The second kappa shape index (κ2) is 7.42. The van der Waals surface area contributed by atoms with Crippen molar-refractivity contribution in [3.63, 3.8) is 0 Å². The van der Waals surface area contributed by atoms with Gasteiger partial charge in [0.05, 0.1) is 11.2 Å². The van der Waals surface area contributed by atoms with Gasteiger partial charge in [-0.1, -0.05) is 70.4 Å². The maximum absolute atomic E-state index is 5.54. The Morgan fingerprint density at radius 2 is 1.46 bits per heavy atom. The first-order valence-corrected chi connectivity index (χ1v) is 13.5. The van der Waals surface area contributed by atoms with Gasteiger partial charge in [-0.05, 0) is 108 Å². The SMILES string of the molecule is Cc1cc(C)c2c(C3CCCC3)c3c(nc2c1)-c1cc2ccc(C)cc2c(C)c1C(C)(C)C3(C)C. The smallest absolute Gasteiger partial charge is 0.0753 e. The molecule has 0 unspecified atom stereocenters. The minimum Gasteiger partial charge on any atom is -0.247 e. The molecule has 35 heavy (non-hydrogen) atoms. The second-order valence-electron chi connectivity index (χ2n) is 12.6. The molecule has 180 valence electrons. The molecule has 2 aliphatic rings. The summed E-state index contributed by atoms with van der Waals surface area (Å²) in [5, 5.41) is 4.15. The molecule has 2 aliphatic carbocycles.